The van der Waals surface area contributed by atoms with Crippen LogP contribution in [0.1, 0.15) is 18.5 Å². The van der Waals surface area contributed by atoms with Gasteiger partial charge in [-0.05, 0) is 12.8 Å². The number of hydrogen-bond acceptors (Lipinski definition) is 3. The topological polar surface area (TPSA) is 53.1 Å². The number of nitrogen functional groups attached to an aromatic ring is 1. The zero-order chi connectivity index (χ0) is 12.5. The van der Waals surface area contributed by atoms with Crippen LogP contribution in [0.2, 0.25) is 0 Å². The van der Waals surface area contributed by atoms with Crippen molar-refractivity contribution in [2.45, 2.75) is 25.6 Å². The molecular formula is C10H14F3N3O. The summed E-state index contributed by atoms with van der Waals surface area (Å²) in [5.41, 5.74) is 4.53. The van der Waals surface area contributed by atoms with Gasteiger partial charge in [-0.2, -0.15) is 18.3 Å². The Morgan fingerprint density at radius 1 is 1.53 bits per heavy atom. The van der Waals surface area contributed by atoms with Crippen LogP contribution in [-0.2, 0) is 17.5 Å². The summed E-state index contributed by atoms with van der Waals surface area (Å²) in [5, 5.41) is 3.69. The maximum atomic E-state index is 12.7. The first-order valence-corrected chi connectivity index (χ1v) is 5.45. The third-order valence-electron chi connectivity index (χ3n) is 2.78. The summed E-state index contributed by atoms with van der Waals surface area (Å²) in [6.07, 6.45) is -2.68. The van der Waals surface area contributed by atoms with Crippen molar-refractivity contribution in [3.8, 4) is 0 Å². The SMILES string of the molecule is Nc1cc(C(F)(F)F)n(CC2CCCOC2)n1. The van der Waals surface area contributed by atoms with Gasteiger partial charge in [0, 0.05) is 25.1 Å². The lowest BCUT2D eigenvalue weighted by Gasteiger charge is -2.22. The molecule has 2 heterocycles. The number of nitrogens with zero attached hydrogens (tertiary/aromatic N) is 2. The number of alkyl halides is 3. The maximum absolute atomic E-state index is 12.7. The van der Waals surface area contributed by atoms with E-state index in [0.29, 0.717) is 13.2 Å². The standard InChI is InChI=1S/C10H14F3N3O/c11-10(12,13)8-4-9(14)15-16(8)5-7-2-1-3-17-6-7/h4,7H,1-3,5-6H2,(H2,14,15). The van der Waals surface area contributed by atoms with Gasteiger partial charge >= 0.3 is 6.18 Å². The van der Waals surface area contributed by atoms with Gasteiger partial charge in [0.05, 0.1) is 6.61 Å². The lowest BCUT2D eigenvalue weighted by molar-refractivity contribution is -0.144. The molecule has 1 atom stereocenters. The minimum atomic E-state index is -4.42. The van der Waals surface area contributed by atoms with Gasteiger partial charge in [-0.1, -0.05) is 0 Å². The number of hydrogen-bond donors (Lipinski definition) is 1. The first kappa shape index (κ1) is 12.2. The van der Waals surface area contributed by atoms with Gasteiger partial charge < -0.3 is 10.5 Å². The summed E-state index contributed by atoms with van der Waals surface area (Å²) >= 11 is 0. The first-order valence-electron chi connectivity index (χ1n) is 5.45. The van der Waals surface area contributed by atoms with E-state index in [1.54, 1.807) is 0 Å². The summed E-state index contributed by atoms with van der Waals surface area (Å²) in [6, 6.07) is 0.865. The number of rotatable bonds is 2. The van der Waals surface area contributed by atoms with Crippen LogP contribution in [0.15, 0.2) is 6.07 Å². The van der Waals surface area contributed by atoms with E-state index < -0.39 is 11.9 Å². The van der Waals surface area contributed by atoms with Crippen molar-refractivity contribution in [1.82, 2.24) is 9.78 Å². The molecule has 7 heteroatoms. The molecule has 96 valence electrons. The molecule has 0 saturated carbocycles. The Hall–Kier alpha value is -1.24. The molecule has 2 N–H and O–H groups in total. The molecule has 0 radical (unpaired) electrons. The Labute approximate surface area is 96.5 Å². The van der Waals surface area contributed by atoms with E-state index in [0.717, 1.165) is 23.6 Å². The maximum Gasteiger partial charge on any atom is 0.433 e. The van der Waals surface area contributed by atoms with Crippen LogP contribution >= 0.6 is 0 Å². The summed E-state index contributed by atoms with van der Waals surface area (Å²) in [6.45, 7) is 1.37. The molecule has 1 aliphatic heterocycles. The number of nitrogens with two attached hydrogens (primary N) is 1. The van der Waals surface area contributed by atoms with E-state index in [-0.39, 0.29) is 18.3 Å². The lowest BCUT2D eigenvalue weighted by atomic mass is 10.0. The second-order valence-corrected chi connectivity index (χ2v) is 4.22. The van der Waals surface area contributed by atoms with Crippen molar-refractivity contribution in [1.29, 1.82) is 0 Å². The van der Waals surface area contributed by atoms with E-state index in [1.807, 2.05) is 0 Å². The molecule has 1 aromatic heterocycles. The first-order chi connectivity index (χ1) is 7.97. The van der Waals surface area contributed by atoms with Crippen LogP contribution in [0, 0.1) is 5.92 Å². The Morgan fingerprint density at radius 2 is 2.29 bits per heavy atom. The molecule has 1 unspecified atom stereocenters. The Kier molecular flexibility index (Phi) is 3.28. The predicted octanol–water partition coefficient (Wildman–Crippen LogP) is 1.91. The Balaban J connectivity index is 2.14. The smallest absolute Gasteiger partial charge is 0.382 e. The van der Waals surface area contributed by atoms with Crippen LogP contribution in [0.4, 0.5) is 19.0 Å². The highest BCUT2D eigenvalue weighted by Crippen LogP contribution is 2.31. The van der Waals surface area contributed by atoms with Gasteiger partial charge in [0.15, 0.2) is 0 Å². The highest BCUT2D eigenvalue weighted by molar-refractivity contribution is 5.30. The average Bonchev–Trinajstić information content (AvgIpc) is 2.60. The number of aromatic nitrogens is 2. The van der Waals surface area contributed by atoms with Crippen molar-refractivity contribution in [2.24, 2.45) is 5.92 Å². The van der Waals surface area contributed by atoms with Gasteiger partial charge in [-0.15, -0.1) is 0 Å². The van der Waals surface area contributed by atoms with E-state index in [1.165, 1.54) is 0 Å². The molecule has 1 fully saturated rings. The molecule has 2 rings (SSSR count). The summed E-state index contributed by atoms with van der Waals surface area (Å²) < 4.78 is 44.2. The van der Waals surface area contributed by atoms with E-state index in [9.17, 15) is 13.2 Å². The molecule has 0 aliphatic carbocycles. The summed E-state index contributed by atoms with van der Waals surface area (Å²) in [4.78, 5) is 0. The predicted molar refractivity (Wildman–Crippen MR) is 55.2 cm³/mol. The van der Waals surface area contributed by atoms with Crippen LogP contribution in [0.25, 0.3) is 0 Å². The van der Waals surface area contributed by atoms with Crippen molar-refractivity contribution >= 4 is 5.82 Å². The molecule has 1 aromatic rings. The Bertz CT molecular complexity index is 383. The van der Waals surface area contributed by atoms with Crippen molar-refractivity contribution in [2.75, 3.05) is 18.9 Å². The fourth-order valence-electron chi connectivity index (χ4n) is 2.00. The van der Waals surface area contributed by atoms with Crippen molar-refractivity contribution in [3.05, 3.63) is 11.8 Å². The number of halogens is 3. The van der Waals surface area contributed by atoms with Gasteiger partial charge in [0.2, 0.25) is 0 Å². The molecule has 0 spiro atoms. The van der Waals surface area contributed by atoms with Gasteiger partial charge in [-0.25, -0.2) is 0 Å². The van der Waals surface area contributed by atoms with Crippen LogP contribution in [0.3, 0.4) is 0 Å². The normalized spacial score (nSPS) is 21.7. The second kappa shape index (κ2) is 4.56. The van der Waals surface area contributed by atoms with Gasteiger partial charge in [-0.3, -0.25) is 4.68 Å². The fourth-order valence-corrected chi connectivity index (χ4v) is 2.00. The Morgan fingerprint density at radius 3 is 2.88 bits per heavy atom. The summed E-state index contributed by atoms with van der Waals surface area (Å²) in [5.74, 6) is -0.0294. The minimum absolute atomic E-state index is 0.0733. The molecule has 1 aliphatic rings. The average molecular weight is 249 g/mol. The third-order valence-corrected chi connectivity index (χ3v) is 2.78. The molecule has 0 aromatic carbocycles. The molecule has 4 nitrogen and oxygen atoms in total. The number of anilines is 1. The molecule has 0 amide bonds. The summed E-state index contributed by atoms with van der Waals surface area (Å²) in [7, 11) is 0. The molecule has 17 heavy (non-hydrogen) atoms. The van der Waals surface area contributed by atoms with Crippen LogP contribution < -0.4 is 5.73 Å². The highest BCUT2D eigenvalue weighted by atomic mass is 19.4. The van der Waals surface area contributed by atoms with E-state index >= 15 is 0 Å². The van der Waals surface area contributed by atoms with Crippen molar-refractivity contribution < 1.29 is 17.9 Å². The molecular weight excluding hydrogens is 235 g/mol. The quantitative estimate of drug-likeness (QED) is 0.871. The van der Waals surface area contributed by atoms with Crippen LogP contribution in [-0.4, -0.2) is 23.0 Å². The van der Waals surface area contributed by atoms with E-state index in [2.05, 4.69) is 5.10 Å². The van der Waals surface area contributed by atoms with Crippen LogP contribution in [0.5, 0.6) is 0 Å². The fraction of sp³-hybridized carbons (Fsp3) is 0.700. The van der Waals surface area contributed by atoms with E-state index in [4.69, 9.17) is 10.5 Å². The molecule has 0 bridgehead atoms. The van der Waals surface area contributed by atoms with Crippen molar-refractivity contribution in [3.63, 3.8) is 0 Å². The highest BCUT2D eigenvalue weighted by Gasteiger charge is 2.36. The molecule has 1 saturated heterocycles. The monoisotopic (exact) mass is 249 g/mol. The minimum Gasteiger partial charge on any atom is -0.382 e. The van der Waals surface area contributed by atoms with Gasteiger partial charge in [0.1, 0.15) is 11.5 Å². The lowest BCUT2D eigenvalue weighted by Crippen LogP contribution is -2.25. The largest absolute Gasteiger partial charge is 0.433 e. The number of ether oxygens (including phenoxy) is 1. The third kappa shape index (κ3) is 2.91. The zero-order valence-corrected chi connectivity index (χ0v) is 9.20. The second-order valence-electron chi connectivity index (χ2n) is 4.22. The van der Waals surface area contributed by atoms with Gasteiger partial charge in [0.25, 0.3) is 0 Å². The zero-order valence-electron chi connectivity index (χ0n) is 9.20.